The van der Waals surface area contributed by atoms with E-state index in [2.05, 4.69) is 28.5 Å². The standard InChI is InChI=1S/C16H19N3O.ClH/c17-16(18-11-15-6-3-9-20-15)19-14-8-7-12-4-1-2-5-13(12)10-14;/h3,6-10H,1-2,4-5,11H2,(H3,17,18,19);1H. The van der Waals surface area contributed by atoms with E-state index in [4.69, 9.17) is 10.2 Å². The summed E-state index contributed by atoms with van der Waals surface area (Å²) >= 11 is 0. The Labute approximate surface area is 130 Å². The predicted octanol–water partition coefficient (Wildman–Crippen LogP) is 3.51. The number of nitrogens with one attached hydrogen (secondary N) is 1. The van der Waals surface area contributed by atoms with Gasteiger partial charge in [-0.25, -0.2) is 4.99 Å². The van der Waals surface area contributed by atoms with Crippen LogP contribution in [0.4, 0.5) is 5.69 Å². The van der Waals surface area contributed by atoms with Gasteiger partial charge in [-0.05, 0) is 61.1 Å². The predicted molar refractivity (Wildman–Crippen MR) is 88.0 cm³/mol. The molecule has 4 nitrogen and oxygen atoms in total. The number of nitrogens with two attached hydrogens (primary N) is 1. The molecule has 1 aliphatic carbocycles. The molecular formula is C16H20ClN3O. The summed E-state index contributed by atoms with van der Waals surface area (Å²) in [7, 11) is 0. The quantitative estimate of drug-likeness (QED) is 0.674. The van der Waals surface area contributed by atoms with E-state index in [1.807, 2.05) is 12.1 Å². The van der Waals surface area contributed by atoms with Crippen molar-refractivity contribution in [1.82, 2.24) is 0 Å². The zero-order valence-electron chi connectivity index (χ0n) is 11.8. The second kappa shape index (κ2) is 7.18. The molecule has 112 valence electrons. The highest BCUT2D eigenvalue weighted by Gasteiger charge is 2.09. The Morgan fingerprint density at radius 2 is 2.00 bits per heavy atom. The normalized spacial score (nSPS) is 14.2. The third-order valence-electron chi connectivity index (χ3n) is 3.61. The Morgan fingerprint density at radius 3 is 2.76 bits per heavy atom. The molecule has 5 heteroatoms. The highest BCUT2D eigenvalue weighted by atomic mass is 35.5. The first kappa shape index (κ1) is 15.4. The number of benzene rings is 1. The van der Waals surface area contributed by atoms with Gasteiger partial charge in [-0.1, -0.05) is 6.07 Å². The summed E-state index contributed by atoms with van der Waals surface area (Å²) in [6.07, 6.45) is 6.56. The average Bonchev–Trinajstić information content (AvgIpc) is 2.98. The number of guanidine groups is 1. The molecule has 3 N–H and O–H groups in total. The molecule has 1 heterocycles. The first-order valence-electron chi connectivity index (χ1n) is 7.02. The third-order valence-corrected chi connectivity index (χ3v) is 3.61. The lowest BCUT2D eigenvalue weighted by molar-refractivity contribution is 0.513. The van der Waals surface area contributed by atoms with Crippen LogP contribution in [-0.2, 0) is 19.4 Å². The van der Waals surface area contributed by atoms with Gasteiger partial charge in [-0.2, -0.15) is 0 Å². The van der Waals surface area contributed by atoms with Crippen LogP contribution in [-0.4, -0.2) is 5.96 Å². The summed E-state index contributed by atoms with van der Waals surface area (Å²) in [4.78, 5) is 4.26. The minimum absolute atomic E-state index is 0. The molecule has 0 atom stereocenters. The third kappa shape index (κ3) is 4.02. The van der Waals surface area contributed by atoms with E-state index in [9.17, 15) is 0 Å². The van der Waals surface area contributed by atoms with Gasteiger partial charge in [0.15, 0.2) is 5.96 Å². The van der Waals surface area contributed by atoms with Crippen molar-refractivity contribution < 1.29 is 4.42 Å². The van der Waals surface area contributed by atoms with Gasteiger partial charge >= 0.3 is 0 Å². The Bertz CT molecular complexity index is 608. The SMILES string of the molecule is Cl.NC(=NCc1ccco1)Nc1ccc2c(c1)CCCC2. The van der Waals surface area contributed by atoms with Crippen LogP contribution < -0.4 is 11.1 Å². The highest BCUT2D eigenvalue weighted by Crippen LogP contribution is 2.24. The number of rotatable bonds is 3. The lowest BCUT2D eigenvalue weighted by Gasteiger charge is -2.17. The van der Waals surface area contributed by atoms with E-state index in [1.165, 1.54) is 30.4 Å². The van der Waals surface area contributed by atoms with Crippen molar-refractivity contribution in [3.63, 3.8) is 0 Å². The molecule has 0 fully saturated rings. The number of hydrogen-bond donors (Lipinski definition) is 2. The number of nitrogens with zero attached hydrogens (tertiary/aromatic N) is 1. The number of halogens is 1. The van der Waals surface area contributed by atoms with Crippen LogP contribution in [0.1, 0.15) is 29.7 Å². The fraction of sp³-hybridized carbons (Fsp3) is 0.312. The number of furan rings is 1. The smallest absolute Gasteiger partial charge is 0.193 e. The Balaban J connectivity index is 0.00000161. The molecule has 0 unspecified atom stereocenters. The maximum Gasteiger partial charge on any atom is 0.193 e. The maximum absolute atomic E-state index is 5.90. The summed E-state index contributed by atoms with van der Waals surface area (Å²) < 4.78 is 5.22. The maximum atomic E-state index is 5.90. The van der Waals surface area contributed by atoms with Gasteiger partial charge in [0.05, 0.1) is 6.26 Å². The van der Waals surface area contributed by atoms with E-state index in [1.54, 1.807) is 6.26 Å². The van der Waals surface area contributed by atoms with Crippen LogP contribution in [0.25, 0.3) is 0 Å². The molecule has 0 aliphatic heterocycles. The minimum Gasteiger partial charge on any atom is -0.467 e. The fourth-order valence-electron chi connectivity index (χ4n) is 2.56. The molecule has 0 amide bonds. The second-order valence-corrected chi connectivity index (χ2v) is 5.10. The van der Waals surface area contributed by atoms with Crippen LogP contribution in [0, 0.1) is 0 Å². The van der Waals surface area contributed by atoms with Crippen LogP contribution in [0.15, 0.2) is 46.0 Å². The van der Waals surface area contributed by atoms with Crippen molar-refractivity contribution in [2.24, 2.45) is 10.7 Å². The number of aryl methyl sites for hydroxylation is 2. The van der Waals surface area contributed by atoms with Crippen molar-refractivity contribution >= 4 is 24.1 Å². The van der Waals surface area contributed by atoms with Crippen molar-refractivity contribution in [3.05, 3.63) is 53.5 Å². The average molecular weight is 306 g/mol. The lowest BCUT2D eigenvalue weighted by atomic mass is 9.91. The summed E-state index contributed by atoms with van der Waals surface area (Å²) in [6, 6.07) is 10.2. The van der Waals surface area contributed by atoms with Gasteiger partial charge in [0.25, 0.3) is 0 Å². The van der Waals surface area contributed by atoms with Gasteiger partial charge in [0.2, 0.25) is 0 Å². The number of fused-ring (bicyclic) bond motifs is 1. The van der Waals surface area contributed by atoms with Crippen LogP contribution in [0.5, 0.6) is 0 Å². The van der Waals surface area contributed by atoms with E-state index in [0.717, 1.165) is 17.9 Å². The Hall–Kier alpha value is -1.94. The molecule has 21 heavy (non-hydrogen) atoms. The largest absolute Gasteiger partial charge is 0.467 e. The molecule has 1 aromatic carbocycles. The van der Waals surface area contributed by atoms with E-state index in [-0.39, 0.29) is 12.4 Å². The van der Waals surface area contributed by atoms with Gasteiger partial charge in [0.1, 0.15) is 12.3 Å². The molecule has 2 aromatic rings. The zero-order chi connectivity index (χ0) is 13.8. The fourth-order valence-corrected chi connectivity index (χ4v) is 2.56. The van der Waals surface area contributed by atoms with Gasteiger partial charge in [0, 0.05) is 5.69 Å². The molecule has 3 rings (SSSR count). The van der Waals surface area contributed by atoms with Crippen molar-refractivity contribution in [1.29, 1.82) is 0 Å². The van der Waals surface area contributed by atoms with E-state index in [0.29, 0.717) is 12.5 Å². The summed E-state index contributed by atoms with van der Waals surface area (Å²) in [6.45, 7) is 0.455. The number of aliphatic imine (C=N–C) groups is 1. The molecule has 0 bridgehead atoms. The van der Waals surface area contributed by atoms with Crippen molar-refractivity contribution in [2.75, 3.05) is 5.32 Å². The van der Waals surface area contributed by atoms with Gasteiger partial charge in [-0.3, -0.25) is 0 Å². The van der Waals surface area contributed by atoms with Gasteiger partial charge in [-0.15, -0.1) is 12.4 Å². The Morgan fingerprint density at radius 1 is 1.19 bits per heavy atom. The van der Waals surface area contributed by atoms with Crippen molar-refractivity contribution in [3.8, 4) is 0 Å². The summed E-state index contributed by atoms with van der Waals surface area (Å²) in [5.41, 5.74) is 9.80. The zero-order valence-corrected chi connectivity index (χ0v) is 12.7. The summed E-state index contributed by atoms with van der Waals surface area (Å²) in [5, 5.41) is 3.14. The topological polar surface area (TPSA) is 63.5 Å². The Kier molecular flexibility index (Phi) is 5.28. The molecule has 0 radical (unpaired) electrons. The number of anilines is 1. The van der Waals surface area contributed by atoms with Crippen LogP contribution in [0.2, 0.25) is 0 Å². The molecule has 1 aromatic heterocycles. The molecular weight excluding hydrogens is 286 g/mol. The lowest BCUT2D eigenvalue weighted by Crippen LogP contribution is -2.22. The van der Waals surface area contributed by atoms with Crippen LogP contribution >= 0.6 is 12.4 Å². The number of hydrogen-bond acceptors (Lipinski definition) is 2. The first-order valence-corrected chi connectivity index (χ1v) is 7.02. The molecule has 1 aliphatic rings. The minimum atomic E-state index is 0. The van der Waals surface area contributed by atoms with Crippen LogP contribution in [0.3, 0.4) is 0 Å². The van der Waals surface area contributed by atoms with Crippen molar-refractivity contribution in [2.45, 2.75) is 32.2 Å². The second-order valence-electron chi connectivity index (χ2n) is 5.10. The monoisotopic (exact) mass is 305 g/mol. The molecule has 0 spiro atoms. The van der Waals surface area contributed by atoms with Gasteiger partial charge < -0.3 is 15.5 Å². The molecule has 0 saturated carbocycles. The first-order chi connectivity index (χ1) is 9.81. The van der Waals surface area contributed by atoms with E-state index >= 15 is 0 Å². The van der Waals surface area contributed by atoms with E-state index < -0.39 is 0 Å². The highest BCUT2D eigenvalue weighted by molar-refractivity contribution is 5.92. The molecule has 0 saturated heterocycles. The summed E-state index contributed by atoms with van der Waals surface area (Å²) in [5.74, 6) is 1.22.